The summed E-state index contributed by atoms with van der Waals surface area (Å²) in [4.78, 5) is 13.8. The fourth-order valence-corrected chi connectivity index (χ4v) is 2.23. The molecule has 1 aromatic rings. The van der Waals surface area contributed by atoms with Crippen LogP contribution in [0.4, 0.5) is 5.69 Å². The Morgan fingerprint density at radius 1 is 1.44 bits per heavy atom. The Balaban J connectivity index is 2.17. The van der Waals surface area contributed by atoms with Crippen molar-refractivity contribution in [2.24, 2.45) is 0 Å². The number of carbonyl (C=O) groups excluding carboxylic acids is 1. The molecule has 1 saturated heterocycles. The van der Waals surface area contributed by atoms with Crippen LogP contribution >= 0.6 is 0 Å². The van der Waals surface area contributed by atoms with Gasteiger partial charge in [0.1, 0.15) is 0 Å². The number of likely N-dealkylation sites (N-methyl/N-ethyl adjacent to an activating group) is 1. The fraction of sp³-hybridized carbons (Fsp3) is 0.462. The molecule has 1 atom stereocenters. The first-order chi connectivity index (χ1) is 7.72. The zero-order valence-electron chi connectivity index (χ0n) is 9.86. The topological polar surface area (TPSA) is 32.3 Å². The zero-order valence-corrected chi connectivity index (χ0v) is 9.86. The van der Waals surface area contributed by atoms with Gasteiger partial charge in [-0.15, -0.1) is 0 Å². The molecule has 1 amide bonds. The van der Waals surface area contributed by atoms with E-state index in [4.69, 9.17) is 0 Å². The van der Waals surface area contributed by atoms with Gasteiger partial charge in [0, 0.05) is 24.7 Å². The lowest BCUT2D eigenvalue weighted by Gasteiger charge is -2.19. The second-order valence-electron chi connectivity index (χ2n) is 4.25. The van der Waals surface area contributed by atoms with Gasteiger partial charge in [0.15, 0.2) is 0 Å². The minimum Gasteiger partial charge on any atom is -0.312 e. The molecule has 1 aliphatic heterocycles. The highest BCUT2D eigenvalue weighted by Gasteiger charge is 2.30. The number of aryl methyl sites for hydroxylation is 1. The lowest BCUT2D eigenvalue weighted by Crippen LogP contribution is -2.32. The van der Waals surface area contributed by atoms with Crippen molar-refractivity contribution in [1.29, 1.82) is 0 Å². The maximum absolute atomic E-state index is 11.9. The lowest BCUT2D eigenvalue weighted by atomic mass is 10.2. The van der Waals surface area contributed by atoms with Gasteiger partial charge in [0.05, 0.1) is 0 Å². The number of hydrogen-bond acceptors (Lipinski definition) is 2. The zero-order chi connectivity index (χ0) is 11.5. The minimum absolute atomic E-state index is 0.222. The van der Waals surface area contributed by atoms with Crippen LogP contribution < -0.4 is 10.2 Å². The van der Waals surface area contributed by atoms with Crippen LogP contribution in [0.3, 0.4) is 0 Å². The summed E-state index contributed by atoms with van der Waals surface area (Å²) >= 11 is 0. The summed E-state index contributed by atoms with van der Waals surface area (Å²) in [6.45, 7) is 5.82. The molecule has 16 heavy (non-hydrogen) atoms. The first kappa shape index (κ1) is 11.1. The van der Waals surface area contributed by atoms with Gasteiger partial charge in [-0.05, 0) is 25.1 Å². The van der Waals surface area contributed by atoms with E-state index in [1.165, 1.54) is 0 Å². The maximum atomic E-state index is 11.9. The predicted octanol–water partition coefficient (Wildman–Crippen LogP) is 1.71. The number of carbonyl (C=O) groups is 1. The molecule has 86 valence electrons. The lowest BCUT2D eigenvalue weighted by molar-refractivity contribution is -0.117. The van der Waals surface area contributed by atoms with Crippen molar-refractivity contribution in [2.75, 3.05) is 18.0 Å². The summed E-state index contributed by atoms with van der Waals surface area (Å²) in [5.74, 6) is 0.222. The van der Waals surface area contributed by atoms with E-state index in [1.807, 2.05) is 36.1 Å². The molecule has 0 saturated carbocycles. The Morgan fingerprint density at radius 3 is 2.88 bits per heavy atom. The van der Waals surface area contributed by atoms with Crippen LogP contribution in [0.1, 0.15) is 18.9 Å². The van der Waals surface area contributed by atoms with Crippen LogP contribution in [0.15, 0.2) is 24.3 Å². The van der Waals surface area contributed by atoms with Gasteiger partial charge in [-0.2, -0.15) is 0 Å². The van der Waals surface area contributed by atoms with E-state index in [0.29, 0.717) is 12.5 Å². The van der Waals surface area contributed by atoms with Crippen molar-refractivity contribution in [2.45, 2.75) is 26.3 Å². The molecular weight excluding hydrogens is 200 g/mol. The molecular formula is C13H18N2O. The predicted molar refractivity (Wildman–Crippen MR) is 65.6 cm³/mol. The second kappa shape index (κ2) is 4.66. The first-order valence-corrected chi connectivity index (χ1v) is 5.81. The van der Waals surface area contributed by atoms with E-state index in [0.717, 1.165) is 24.3 Å². The molecule has 1 aromatic carbocycles. The molecule has 0 bridgehead atoms. The van der Waals surface area contributed by atoms with Crippen LogP contribution in [0.2, 0.25) is 0 Å². The smallest absolute Gasteiger partial charge is 0.228 e. The van der Waals surface area contributed by atoms with E-state index >= 15 is 0 Å². The number of rotatable bonds is 3. The van der Waals surface area contributed by atoms with Gasteiger partial charge in [0.2, 0.25) is 5.91 Å². The molecule has 1 fully saturated rings. The average molecular weight is 218 g/mol. The molecule has 1 N–H and O–H groups in total. The van der Waals surface area contributed by atoms with Crippen molar-refractivity contribution in [3.05, 3.63) is 29.8 Å². The normalized spacial score (nSPS) is 20.5. The quantitative estimate of drug-likeness (QED) is 0.837. The van der Waals surface area contributed by atoms with Crippen molar-refractivity contribution < 1.29 is 4.79 Å². The van der Waals surface area contributed by atoms with E-state index < -0.39 is 0 Å². The van der Waals surface area contributed by atoms with E-state index in [1.54, 1.807) is 0 Å². The highest BCUT2D eigenvalue weighted by Crippen LogP contribution is 2.24. The van der Waals surface area contributed by atoms with Gasteiger partial charge in [-0.1, -0.05) is 25.1 Å². The Morgan fingerprint density at radius 2 is 2.19 bits per heavy atom. The number of benzene rings is 1. The van der Waals surface area contributed by atoms with Gasteiger partial charge < -0.3 is 10.2 Å². The molecule has 1 heterocycles. The summed E-state index contributed by atoms with van der Waals surface area (Å²) in [7, 11) is 0. The molecule has 0 radical (unpaired) electrons. The number of amides is 1. The van der Waals surface area contributed by atoms with Crippen LogP contribution in [-0.2, 0) is 4.79 Å². The van der Waals surface area contributed by atoms with E-state index in [9.17, 15) is 4.79 Å². The average Bonchev–Trinajstić information content (AvgIpc) is 2.61. The number of hydrogen-bond donors (Lipinski definition) is 1. The maximum Gasteiger partial charge on any atom is 0.228 e. The van der Waals surface area contributed by atoms with Crippen molar-refractivity contribution >= 4 is 11.6 Å². The van der Waals surface area contributed by atoms with Crippen molar-refractivity contribution in [1.82, 2.24) is 5.32 Å². The highest BCUT2D eigenvalue weighted by molar-refractivity contribution is 5.96. The van der Waals surface area contributed by atoms with Gasteiger partial charge in [-0.3, -0.25) is 4.79 Å². The number of nitrogens with one attached hydrogen (secondary N) is 1. The molecule has 0 aliphatic carbocycles. The summed E-state index contributed by atoms with van der Waals surface area (Å²) in [6, 6.07) is 8.35. The van der Waals surface area contributed by atoms with Crippen LogP contribution in [0, 0.1) is 6.92 Å². The SMILES string of the molecule is CCNC1CC(=O)N(c2ccccc2C)C1. The summed E-state index contributed by atoms with van der Waals surface area (Å²) in [5.41, 5.74) is 2.21. The Labute approximate surface area is 96.5 Å². The monoisotopic (exact) mass is 218 g/mol. The third-order valence-corrected chi connectivity index (χ3v) is 3.02. The fourth-order valence-electron chi connectivity index (χ4n) is 2.23. The van der Waals surface area contributed by atoms with Crippen LogP contribution in [0.5, 0.6) is 0 Å². The first-order valence-electron chi connectivity index (χ1n) is 5.81. The van der Waals surface area contributed by atoms with E-state index in [-0.39, 0.29) is 5.91 Å². The number of nitrogens with zero attached hydrogens (tertiary/aromatic N) is 1. The van der Waals surface area contributed by atoms with Gasteiger partial charge in [0.25, 0.3) is 0 Å². The number of anilines is 1. The van der Waals surface area contributed by atoms with E-state index in [2.05, 4.69) is 12.2 Å². The Kier molecular flexibility index (Phi) is 3.25. The number of para-hydroxylation sites is 1. The van der Waals surface area contributed by atoms with Crippen molar-refractivity contribution in [3.8, 4) is 0 Å². The van der Waals surface area contributed by atoms with Gasteiger partial charge in [-0.25, -0.2) is 0 Å². The highest BCUT2D eigenvalue weighted by atomic mass is 16.2. The molecule has 1 aliphatic rings. The molecule has 3 nitrogen and oxygen atoms in total. The standard InChI is InChI=1S/C13H18N2O/c1-3-14-11-8-13(16)15(9-11)12-7-5-4-6-10(12)2/h4-7,11,14H,3,8-9H2,1-2H3. The Bertz CT molecular complexity index is 389. The van der Waals surface area contributed by atoms with Crippen LogP contribution in [0.25, 0.3) is 0 Å². The third kappa shape index (κ3) is 2.09. The van der Waals surface area contributed by atoms with Crippen molar-refractivity contribution in [3.63, 3.8) is 0 Å². The molecule has 2 rings (SSSR count). The summed E-state index contributed by atoms with van der Waals surface area (Å²) in [5, 5.41) is 3.33. The largest absolute Gasteiger partial charge is 0.312 e. The molecule has 3 heteroatoms. The summed E-state index contributed by atoms with van der Waals surface area (Å²) in [6.07, 6.45) is 0.613. The van der Waals surface area contributed by atoms with Gasteiger partial charge >= 0.3 is 0 Å². The summed E-state index contributed by atoms with van der Waals surface area (Å²) < 4.78 is 0. The third-order valence-electron chi connectivity index (χ3n) is 3.02. The molecule has 1 unspecified atom stereocenters. The minimum atomic E-state index is 0.222. The molecule has 0 aromatic heterocycles. The molecule has 0 spiro atoms. The van der Waals surface area contributed by atoms with Crippen LogP contribution in [-0.4, -0.2) is 25.0 Å². The Hall–Kier alpha value is -1.35. The second-order valence-corrected chi connectivity index (χ2v) is 4.25.